The number of hydroxylamine groups is 2. The molecule has 2 heterocycles. The molecule has 3 aromatic rings. The summed E-state index contributed by atoms with van der Waals surface area (Å²) in [6.07, 6.45) is -2.55. The predicted octanol–water partition coefficient (Wildman–Crippen LogP) is 2.94. The van der Waals surface area contributed by atoms with Crippen LogP contribution in [0.3, 0.4) is 0 Å². The van der Waals surface area contributed by atoms with Crippen molar-refractivity contribution >= 4 is 34.4 Å². The van der Waals surface area contributed by atoms with Crippen molar-refractivity contribution in [3.8, 4) is 5.69 Å². The second-order valence-corrected chi connectivity index (χ2v) is 7.79. The van der Waals surface area contributed by atoms with Crippen LogP contribution in [0, 0.1) is 0 Å². The van der Waals surface area contributed by atoms with Gasteiger partial charge in [0.15, 0.2) is 0 Å². The fraction of sp³-hybridized carbons (Fsp3) is 0.273. The van der Waals surface area contributed by atoms with E-state index in [-0.39, 0.29) is 13.0 Å². The lowest BCUT2D eigenvalue weighted by Crippen LogP contribution is -2.39. The van der Waals surface area contributed by atoms with Crippen molar-refractivity contribution in [3.63, 3.8) is 0 Å². The standard InChI is InChI=1S/C22H20F3N5O4/c23-22(24,25)21(33)34-30-10-2-4-16(30)11-18(31)27-14-6-8-15(9-7-14)29-12-13-3-1-5-17(20(26)32)19(13)28-29/h1,3,5-9,12,16H,2,4,10-11H2,(H2,26,32)(H,27,31)/t16-/m0/s1. The zero-order valence-electron chi connectivity index (χ0n) is 17.7. The quantitative estimate of drug-likeness (QED) is 0.566. The maximum Gasteiger partial charge on any atom is 0.492 e. The summed E-state index contributed by atoms with van der Waals surface area (Å²) in [6, 6.07) is 11.2. The minimum absolute atomic E-state index is 0.129. The Balaban J connectivity index is 1.40. The van der Waals surface area contributed by atoms with Gasteiger partial charge in [-0.2, -0.15) is 18.3 Å². The summed E-state index contributed by atoms with van der Waals surface area (Å²) in [4.78, 5) is 39.5. The second-order valence-electron chi connectivity index (χ2n) is 7.79. The van der Waals surface area contributed by atoms with E-state index in [1.165, 1.54) is 0 Å². The Morgan fingerprint density at radius 2 is 1.88 bits per heavy atom. The minimum atomic E-state index is -5.10. The molecule has 1 atom stereocenters. The number of anilines is 1. The monoisotopic (exact) mass is 475 g/mol. The van der Waals surface area contributed by atoms with Crippen LogP contribution in [-0.2, 0) is 14.4 Å². The maximum absolute atomic E-state index is 12.4. The van der Waals surface area contributed by atoms with Gasteiger partial charge in [0.2, 0.25) is 5.91 Å². The van der Waals surface area contributed by atoms with Gasteiger partial charge in [-0.05, 0) is 43.2 Å². The number of benzene rings is 2. The van der Waals surface area contributed by atoms with E-state index in [1.807, 2.05) is 0 Å². The third kappa shape index (κ3) is 5.01. The molecule has 9 nitrogen and oxygen atoms in total. The number of carbonyl (C=O) groups excluding carboxylic acids is 3. The van der Waals surface area contributed by atoms with Gasteiger partial charge < -0.3 is 15.9 Å². The first-order chi connectivity index (χ1) is 16.1. The molecule has 0 aliphatic carbocycles. The van der Waals surface area contributed by atoms with E-state index < -0.39 is 30.0 Å². The highest BCUT2D eigenvalue weighted by molar-refractivity contribution is 6.04. The van der Waals surface area contributed by atoms with Crippen molar-refractivity contribution in [2.24, 2.45) is 5.73 Å². The van der Waals surface area contributed by atoms with Gasteiger partial charge in [-0.25, -0.2) is 9.48 Å². The molecule has 0 saturated carbocycles. The SMILES string of the molecule is NC(=O)c1cccc2cn(-c3ccc(NC(=O)C[C@@H]4CCCN4OC(=O)C(F)(F)F)cc3)nc12. The highest BCUT2D eigenvalue weighted by Gasteiger charge is 2.44. The second kappa shape index (κ2) is 9.14. The van der Waals surface area contributed by atoms with Gasteiger partial charge in [0, 0.05) is 30.2 Å². The number of nitrogens with two attached hydrogens (primary N) is 1. The average molecular weight is 475 g/mol. The lowest BCUT2D eigenvalue weighted by Gasteiger charge is -2.23. The van der Waals surface area contributed by atoms with Crippen LogP contribution in [0.4, 0.5) is 18.9 Å². The van der Waals surface area contributed by atoms with Gasteiger partial charge in [-0.3, -0.25) is 9.59 Å². The highest BCUT2D eigenvalue weighted by atomic mass is 19.4. The number of hydrogen-bond donors (Lipinski definition) is 2. The molecular weight excluding hydrogens is 455 g/mol. The summed E-state index contributed by atoms with van der Waals surface area (Å²) in [6.45, 7) is 0.129. The zero-order chi connectivity index (χ0) is 24.5. The van der Waals surface area contributed by atoms with Crippen LogP contribution in [-0.4, -0.2) is 51.4 Å². The van der Waals surface area contributed by atoms with E-state index in [0.29, 0.717) is 35.3 Å². The van der Waals surface area contributed by atoms with Gasteiger partial charge >= 0.3 is 12.1 Å². The first-order valence-electron chi connectivity index (χ1n) is 10.4. The molecule has 2 amide bonds. The molecular formula is C22H20F3N5O4. The van der Waals surface area contributed by atoms with E-state index in [9.17, 15) is 27.6 Å². The predicted molar refractivity (Wildman–Crippen MR) is 115 cm³/mol. The smallest absolute Gasteiger partial charge is 0.366 e. The molecule has 12 heteroatoms. The molecule has 34 heavy (non-hydrogen) atoms. The van der Waals surface area contributed by atoms with Crippen LogP contribution >= 0.6 is 0 Å². The zero-order valence-corrected chi connectivity index (χ0v) is 17.7. The normalized spacial score (nSPS) is 16.5. The molecule has 178 valence electrons. The number of aromatic nitrogens is 2. The first kappa shape index (κ1) is 23.2. The molecule has 0 unspecified atom stereocenters. The third-order valence-corrected chi connectivity index (χ3v) is 5.39. The van der Waals surface area contributed by atoms with Gasteiger partial charge in [0.05, 0.1) is 17.3 Å². The number of hydrogen-bond acceptors (Lipinski definition) is 6. The van der Waals surface area contributed by atoms with Crippen LogP contribution in [0.25, 0.3) is 16.6 Å². The van der Waals surface area contributed by atoms with Crippen molar-refractivity contribution in [2.75, 3.05) is 11.9 Å². The number of nitrogens with one attached hydrogen (secondary N) is 1. The first-order valence-corrected chi connectivity index (χ1v) is 10.4. The van der Waals surface area contributed by atoms with Crippen LogP contribution in [0.1, 0.15) is 29.6 Å². The van der Waals surface area contributed by atoms with Crippen molar-refractivity contribution < 1.29 is 32.4 Å². The lowest BCUT2D eigenvalue weighted by atomic mass is 10.1. The van der Waals surface area contributed by atoms with Crippen molar-refractivity contribution in [2.45, 2.75) is 31.5 Å². The van der Waals surface area contributed by atoms with Crippen LogP contribution in [0.5, 0.6) is 0 Å². The summed E-state index contributed by atoms with van der Waals surface area (Å²) < 4.78 is 38.9. The summed E-state index contributed by atoms with van der Waals surface area (Å²) in [7, 11) is 0. The van der Waals surface area contributed by atoms with Crippen LogP contribution in [0.15, 0.2) is 48.7 Å². The van der Waals surface area contributed by atoms with E-state index in [4.69, 9.17) is 5.73 Å². The molecule has 1 fully saturated rings. The molecule has 1 aromatic heterocycles. The number of rotatable bonds is 6. The molecule has 1 aliphatic rings. The molecule has 0 bridgehead atoms. The number of amides is 2. The van der Waals surface area contributed by atoms with E-state index in [2.05, 4.69) is 15.3 Å². The summed E-state index contributed by atoms with van der Waals surface area (Å²) >= 11 is 0. The number of carbonyl (C=O) groups is 3. The average Bonchev–Trinajstić information content (AvgIpc) is 3.40. The summed E-state index contributed by atoms with van der Waals surface area (Å²) in [5, 5.41) is 8.75. The largest absolute Gasteiger partial charge is 0.492 e. The van der Waals surface area contributed by atoms with Crippen LogP contribution in [0.2, 0.25) is 0 Å². The Kier molecular flexibility index (Phi) is 6.24. The van der Waals surface area contributed by atoms with E-state index >= 15 is 0 Å². The Labute approximate surface area is 191 Å². The van der Waals surface area contributed by atoms with Gasteiger partial charge in [0.25, 0.3) is 5.91 Å². The van der Waals surface area contributed by atoms with Gasteiger partial charge in [0.1, 0.15) is 5.52 Å². The summed E-state index contributed by atoms with van der Waals surface area (Å²) in [5.41, 5.74) is 7.32. The van der Waals surface area contributed by atoms with Gasteiger partial charge in [-0.1, -0.05) is 12.1 Å². The molecule has 4 rings (SSSR count). The number of alkyl halides is 3. The fourth-order valence-electron chi connectivity index (χ4n) is 3.79. The fourth-order valence-corrected chi connectivity index (χ4v) is 3.79. The topological polar surface area (TPSA) is 120 Å². The van der Waals surface area contributed by atoms with Gasteiger partial charge in [-0.15, -0.1) is 5.06 Å². The Morgan fingerprint density at radius 1 is 1.15 bits per heavy atom. The number of fused-ring (bicyclic) bond motifs is 1. The van der Waals surface area contributed by atoms with Crippen LogP contribution < -0.4 is 11.1 Å². The molecule has 1 aliphatic heterocycles. The molecule has 0 radical (unpaired) electrons. The van der Waals surface area contributed by atoms with Crippen molar-refractivity contribution in [3.05, 3.63) is 54.2 Å². The lowest BCUT2D eigenvalue weighted by molar-refractivity contribution is -0.241. The number of halogens is 3. The Hall–Kier alpha value is -3.93. The minimum Gasteiger partial charge on any atom is -0.366 e. The molecule has 1 saturated heterocycles. The summed E-state index contributed by atoms with van der Waals surface area (Å²) in [5.74, 6) is -3.31. The van der Waals surface area contributed by atoms with Crippen molar-refractivity contribution in [1.82, 2.24) is 14.8 Å². The number of primary amides is 1. The van der Waals surface area contributed by atoms with Crippen molar-refractivity contribution in [1.29, 1.82) is 0 Å². The molecule has 0 spiro atoms. The van der Waals surface area contributed by atoms with E-state index in [0.717, 1.165) is 10.4 Å². The highest BCUT2D eigenvalue weighted by Crippen LogP contribution is 2.25. The maximum atomic E-state index is 12.4. The Morgan fingerprint density at radius 3 is 2.56 bits per heavy atom. The number of nitrogens with zero attached hydrogens (tertiary/aromatic N) is 3. The Bertz CT molecular complexity index is 1240. The van der Waals surface area contributed by atoms with E-state index in [1.54, 1.807) is 53.3 Å². The molecule has 2 aromatic carbocycles. The third-order valence-electron chi connectivity index (χ3n) is 5.39. The molecule has 3 N–H and O–H groups in total.